The van der Waals surface area contributed by atoms with Crippen LogP contribution in [-0.2, 0) is 6.18 Å². The lowest BCUT2D eigenvalue weighted by Gasteiger charge is -2.18. The summed E-state index contributed by atoms with van der Waals surface area (Å²) >= 11 is 0. The molecule has 0 bridgehead atoms. The second kappa shape index (κ2) is 14.6. The summed E-state index contributed by atoms with van der Waals surface area (Å²) in [6.45, 7) is 8.32. The fourth-order valence-electron chi connectivity index (χ4n) is 3.24. The van der Waals surface area contributed by atoms with Crippen molar-refractivity contribution in [1.82, 2.24) is 5.32 Å². The molecule has 0 aliphatic carbocycles. The lowest BCUT2D eigenvalue weighted by atomic mass is 9.88. The molecule has 0 aliphatic rings. The molecule has 0 heterocycles. The van der Waals surface area contributed by atoms with Gasteiger partial charge in [-0.3, -0.25) is 0 Å². The number of halogens is 3. The van der Waals surface area contributed by atoms with E-state index in [0.717, 1.165) is 17.2 Å². The second-order valence-corrected chi connectivity index (χ2v) is 6.77. The Morgan fingerprint density at radius 3 is 1.82 bits per heavy atom. The van der Waals surface area contributed by atoms with Gasteiger partial charge in [0, 0.05) is 18.2 Å². The molecule has 0 fully saturated rings. The zero-order valence-corrected chi connectivity index (χ0v) is 20.0. The second-order valence-electron chi connectivity index (χ2n) is 6.77. The molecule has 0 unspecified atom stereocenters. The molecule has 34 heavy (non-hydrogen) atoms. The number of carbonyl (C=O) groups excluding carboxylic acids is 1. The van der Waals surface area contributed by atoms with E-state index in [9.17, 15) is 23.1 Å². The first kappa shape index (κ1) is 28.6. The quantitative estimate of drug-likeness (QED) is 0.319. The maximum atomic E-state index is 12.9. The van der Waals surface area contributed by atoms with Crippen molar-refractivity contribution in [3.8, 4) is 5.75 Å². The third-order valence-corrected chi connectivity index (χ3v) is 4.68. The van der Waals surface area contributed by atoms with E-state index in [1.54, 1.807) is 0 Å². The molecule has 3 aromatic carbocycles. The van der Waals surface area contributed by atoms with Crippen LogP contribution >= 0.6 is 0 Å². The van der Waals surface area contributed by atoms with Gasteiger partial charge in [0.05, 0.1) is 5.56 Å². The summed E-state index contributed by atoms with van der Waals surface area (Å²) in [7, 11) is 0. The predicted octanol–water partition coefficient (Wildman–Crippen LogP) is 7.81. The molecule has 0 aliphatic heterocycles. The van der Waals surface area contributed by atoms with Crippen molar-refractivity contribution >= 4 is 11.7 Å². The number of hydrogen-bond acceptors (Lipinski definition) is 2. The Morgan fingerprint density at radius 1 is 0.853 bits per heavy atom. The number of benzene rings is 3. The fraction of sp³-hybridized carbons (Fsp3) is 0.296. The average molecular weight is 475 g/mol. The van der Waals surface area contributed by atoms with Gasteiger partial charge in [0.1, 0.15) is 5.75 Å². The lowest BCUT2D eigenvalue weighted by Crippen LogP contribution is -2.30. The largest absolute Gasteiger partial charge is 0.507 e. The normalized spacial score (nSPS) is 10.4. The number of phenolic OH excluding ortho intramolecular Hbond substituents is 1. The third kappa shape index (κ3) is 8.81. The predicted molar refractivity (Wildman–Crippen MR) is 132 cm³/mol. The standard InChI is InChI=1S/C23H21F3N2O2.2C2H6/c24-23(25,26)20-15-18(11-12-21(20)29)28-22(30)27-14-13-19(16-7-3-1-4-8-16)17-9-5-2-6-10-17;2*1-2/h1-12,15,19,29H,13-14H2,(H2,27,28,30);2*1-2H3. The molecule has 7 heteroatoms. The highest BCUT2D eigenvalue weighted by Crippen LogP contribution is 2.37. The van der Waals surface area contributed by atoms with E-state index in [4.69, 9.17) is 0 Å². The minimum absolute atomic E-state index is 0.0553. The lowest BCUT2D eigenvalue weighted by molar-refractivity contribution is -0.138. The van der Waals surface area contributed by atoms with Crippen LogP contribution in [0.3, 0.4) is 0 Å². The zero-order valence-electron chi connectivity index (χ0n) is 20.0. The van der Waals surface area contributed by atoms with E-state index in [1.165, 1.54) is 6.07 Å². The van der Waals surface area contributed by atoms with Gasteiger partial charge >= 0.3 is 12.2 Å². The molecule has 184 valence electrons. The molecule has 2 amide bonds. The summed E-state index contributed by atoms with van der Waals surface area (Å²) in [5.41, 5.74) is 0.965. The molecule has 0 radical (unpaired) electrons. The van der Waals surface area contributed by atoms with E-state index >= 15 is 0 Å². The highest BCUT2D eigenvalue weighted by molar-refractivity contribution is 5.89. The van der Waals surface area contributed by atoms with Crippen LogP contribution in [0.15, 0.2) is 78.9 Å². The third-order valence-electron chi connectivity index (χ3n) is 4.68. The van der Waals surface area contributed by atoms with Gasteiger partial charge in [-0.05, 0) is 35.7 Å². The molecule has 0 spiro atoms. The Balaban J connectivity index is 0.00000137. The van der Waals surface area contributed by atoms with Gasteiger partial charge in [0.2, 0.25) is 0 Å². The van der Waals surface area contributed by atoms with Crippen LogP contribution in [0, 0.1) is 0 Å². The molecular formula is C27H33F3N2O2. The zero-order chi connectivity index (χ0) is 25.6. The van der Waals surface area contributed by atoms with Crippen molar-refractivity contribution in [3.63, 3.8) is 0 Å². The summed E-state index contributed by atoms with van der Waals surface area (Å²) < 4.78 is 38.7. The Hall–Kier alpha value is -3.48. The van der Waals surface area contributed by atoms with Gasteiger partial charge in [-0.2, -0.15) is 13.2 Å². The Labute approximate surface area is 199 Å². The summed E-state index contributed by atoms with van der Waals surface area (Å²) in [5.74, 6) is -0.819. The summed E-state index contributed by atoms with van der Waals surface area (Å²) in [4.78, 5) is 12.1. The number of nitrogens with one attached hydrogen (secondary N) is 2. The average Bonchev–Trinajstić information content (AvgIpc) is 2.86. The molecule has 3 aromatic rings. The maximum Gasteiger partial charge on any atom is 0.420 e. The van der Waals surface area contributed by atoms with E-state index < -0.39 is 23.5 Å². The van der Waals surface area contributed by atoms with Crippen molar-refractivity contribution in [2.45, 2.75) is 46.2 Å². The van der Waals surface area contributed by atoms with Gasteiger partial charge in [-0.25, -0.2) is 4.79 Å². The molecule has 3 rings (SSSR count). The molecule has 0 saturated carbocycles. The highest BCUT2D eigenvalue weighted by Gasteiger charge is 2.34. The van der Waals surface area contributed by atoms with Crippen LogP contribution in [0.25, 0.3) is 0 Å². The number of aromatic hydroxyl groups is 1. The first-order valence-electron chi connectivity index (χ1n) is 11.4. The number of amides is 2. The Kier molecular flexibility index (Phi) is 12.3. The fourth-order valence-corrected chi connectivity index (χ4v) is 3.24. The first-order chi connectivity index (χ1) is 16.3. The number of rotatable bonds is 6. The molecule has 0 aromatic heterocycles. The van der Waals surface area contributed by atoms with E-state index in [1.807, 2.05) is 88.4 Å². The molecule has 0 atom stereocenters. The van der Waals surface area contributed by atoms with Gasteiger partial charge in [-0.15, -0.1) is 0 Å². The summed E-state index contributed by atoms with van der Waals surface area (Å²) in [6, 6.07) is 22.0. The summed E-state index contributed by atoms with van der Waals surface area (Å²) in [6.07, 6.45) is -4.10. The van der Waals surface area contributed by atoms with Crippen LogP contribution in [0.1, 0.15) is 56.7 Å². The van der Waals surface area contributed by atoms with Crippen LogP contribution < -0.4 is 10.6 Å². The monoisotopic (exact) mass is 474 g/mol. The van der Waals surface area contributed by atoms with E-state index in [-0.39, 0.29) is 11.6 Å². The van der Waals surface area contributed by atoms with E-state index in [0.29, 0.717) is 19.0 Å². The van der Waals surface area contributed by atoms with Gasteiger partial charge in [0.25, 0.3) is 0 Å². The van der Waals surface area contributed by atoms with Crippen LogP contribution in [0.4, 0.5) is 23.7 Å². The molecule has 3 N–H and O–H groups in total. The minimum Gasteiger partial charge on any atom is -0.507 e. The number of carbonyl (C=O) groups is 1. The van der Waals surface area contributed by atoms with Crippen molar-refractivity contribution in [3.05, 3.63) is 95.6 Å². The minimum atomic E-state index is -4.71. The van der Waals surface area contributed by atoms with Crippen molar-refractivity contribution in [2.24, 2.45) is 0 Å². The molecule has 0 saturated heterocycles. The first-order valence-corrected chi connectivity index (χ1v) is 11.4. The number of phenols is 1. The van der Waals surface area contributed by atoms with Gasteiger partial charge in [0.15, 0.2) is 0 Å². The molecule has 4 nitrogen and oxygen atoms in total. The smallest absolute Gasteiger partial charge is 0.420 e. The van der Waals surface area contributed by atoms with Crippen LogP contribution in [-0.4, -0.2) is 17.7 Å². The number of alkyl halides is 3. The maximum absolute atomic E-state index is 12.9. The van der Waals surface area contributed by atoms with Crippen molar-refractivity contribution in [2.75, 3.05) is 11.9 Å². The number of anilines is 1. The SMILES string of the molecule is CC.CC.O=C(NCCC(c1ccccc1)c1ccccc1)Nc1ccc(O)c(C(F)(F)F)c1. The number of urea groups is 1. The van der Waals surface area contributed by atoms with E-state index in [2.05, 4.69) is 10.6 Å². The van der Waals surface area contributed by atoms with Gasteiger partial charge < -0.3 is 15.7 Å². The van der Waals surface area contributed by atoms with Crippen molar-refractivity contribution in [1.29, 1.82) is 0 Å². The Morgan fingerprint density at radius 2 is 1.35 bits per heavy atom. The topological polar surface area (TPSA) is 61.4 Å². The van der Waals surface area contributed by atoms with Crippen molar-refractivity contribution < 1.29 is 23.1 Å². The van der Waals surface area contributed by atoms with Gasteiger partial charge in [-0.1, -0.05) is 88.4 Å². The molecular weight excluding hydrogens is 441 g/mol. The van der Waals surface area contributed by atoms with Crippen LogP contribution in [0.5, 0.6) is 5.75 Å². The van der Waals surface area contributed by atoms with Crippen LogP contribution in [0.2, 0.25) is 0 Å². The number of hydrogen-bond donors (Lipinski definition) is 3. The summed E-state index contributed by atoms with van der Waals surface area (Å²) in [5, 5.41) is 14.4. The highest BCUT2D eigenvalue weighted by atomic mass is 19.4. The Bertz CT molecular complexity index is 939.